The molecule has 4 nitrogen and oxygen atoms in total. The van der Waals surface area contributed by atoms with E-state index >= 15 is 0 Å². The molecular weight excluding hydrogens is 327 g/mol. The Balaban J connectivity index is 1.98. The zero-order valence-electron chi connectivity index (χ0n) is 13.1. The van der Waals surface area contributed by atoms with E-state index in [1.165, 1.54) is 6.07 Å². The Morgan fingerprint density at radius 3 is 2.48 bits per heavy atom. The van der Waals surface area contributed by atoms with Crippen molar-refractivity contribution in [2.75, 3.05) is 31.1 Å². The Kier molecular flexibility index (Phi) is 5.80. The van der Waals surface area contributed by atoms with E-state index in [1.54, 1.807) is 17.0 Å². The molecule has 1 amide bonds. The van der Waals surface area contributed by atoms with Gasteiger partial charge >= 0.3 is 0 Å². The fourth-order valence-corrected chi connectivity index (χ4v) is 3.18. The average Bonchev–Trinajstić information content (AvgIpc) is 2.52. The number of piperazine rings is 1. The van der Waals surface area contributed by atoms with Gasteiger partial charge in [0.25, 0.3) is 0 Å². The molecule has 1 unspecified atom stereocenters. The van der Waals surface area contributed by atoms with Gasteiger partial charge in [0, 0.05) is 31.9 Å². The number of benzene rings is 1. The molecule has 1 aliphatic rings. The van der Waals surface area contributed by atoms with Gasteiger partial charge in [-0.3, -0.25) is 4.79 Å². The highest BCUT2D eigenvalue weighted by Crippen LogP contribution is 2.56. The van der Waals surface area contributed by atoms with Gasteiger partial charge in [-0.15, -0.1) is 11.7 Å². The van der Waals surface area contributed by atoms with Crippen LogP contribution in [0.5, 0.6) is 0 Å². The topological polar surface area (TPSA) is 49.6 Å². The standard InChI is InChI=1S/C15H22F3N3OS/c1-2-14(19)15(22)21-8-6-20(7-9-21)13-5-3-4-12(10-13)11-23(16,17)18/h3-5,10,14H,2,6-9,11,19H2,1H3. The summed E-state index contributed by atoms with van der Waals surface area (Å²) in [5.74, 6) is -0.897. The Morgan fingerprint density at radius 2 is 1.91 bits per heavy atom. The van der Waals surface area contributed by atoms with Crippen LogP contribution in [-0.4, -0.2) is 43.0 Å². The van der Waals surface area contributed by atoms with Crippen LogP contribution in [0.3, 0.4) is 0 Å². The number of amides is 1. The highest BCUT2D eigenvalue weighted by molar-refractivity contribution is 8.20. The van der Waals surface area contributed by atoms with Gasteiger partial charge in [-0.05, 0) is 24.1 Å². The van der Waals surface area contributed by atoms with Gasteiger partial charge in [-0.1, -0.05) is 19.1 Å². The number of hydrogen-bond acceptors (Lipinski definition) is 3. The summed E-state index contributed by atoms with van der Waals surface area (Å²) in [5, 5.41) is 0. The fraction of sp³-hybridized carbons (Fsp3) is 0.533. The molecule has 23 heavy (non-hydrogen) atoms. The van der Waals surface area contributed by atoms with E-state index in [1.807, 2.05) is 17.9 Å². The molecule has 0 aliphatic carbocycles. The van der Waals surface area contributed by atoms with Gasteiger partial charge in [-0.2, -0.15) is 0 Å². The normalized spacial score (nSPS) is 18.0. The molecule has 1 saturated heterocycles. The van der Waals surface area contributed by atoms with Crippen molar-refractivity contribution in [1.82, 2.24) is 4.90 Å². The third-order valence-corrected chi connectivity index (χ3v) is 4.62. The molecule has 0 aromatic heterocycles. The highest BCUT2D eigenvalue weighted by Gasteiger charge is 2.25. The lowest BCUT2D eigenvalue weighted by molar-refractivity contribution is -0.132. The molecule has 2 N–H and O–H groups in total. The minimum atomic E-state index is -5.04. The predicted molar refractivity (Wildman–Crippen MR) is 88.1 cm³/mol. The van der Waals surface area contributed by atoms with Crippen LogP contribution in [0.4, 0.5) is 17.3 Å². The minimum absolute atomic E-state index is 0.0541. The molecule has 0 saturated carbocycles. The molecule has 1 aromatic rings. The number of carbonyl (C=O) groups is 1. The molecule has 1 atom stereocenters. The van der Waals surface area contributed by atoms with Crippen molar-refractivity contribution in [3.05, 3.63) is 29.8 Å². The quantitative estimate of drug-likeness (QED) is 0.889. The summed E-state index contributed by atoms with van der Waals surface area (Å²) in [7, 11) is 0. The van der Waals surface area contributed by atoms with Crippen molar-refractivity contribution in [3.8, 4) is 0 Å². The van der Waals surface area contributed by atoms with Crippen molar-refractivity contribution in [3.63, 3.8) is 0 Å². The summed E-state index contributed by atoms with van der Waals surface area (Å²) in [6, 6.07) is 6.09. The Hall–Kier alpha value is -1.41. The lowest BCUT2D eigenvalue weighted by Gasteiger charge is -2.37. The Morgan fingerprint density at radius 1 is 1.26 bits per heavy atom. The number of rotatable bonds is 5. The first-order valence-corrected chi connectivity index (χ1v) is 9.08. The third-order valence-electron chi connectivity index (χ3n) is 3.95. The summed E-state index contributed by atoms with van der Waals surface area (Å²) in [5.41, 5.74) is 6.83. The molecule has 1 aliphatic heterocycles. The summed E-state index contributed by atoms with van der Waals surface area (Å²) in [4.78, 5) is 15.8. The summed E-state index contributed by atoms with van der Waals surface area (Å²) < 4.78 is 37.7. The van der Waals surface area contributed by atoms with Crippen LogP contribution >= 0.6 is 11.2 Å². The van der Waals surface area contributed by atoms with Crippen LogP contribution < -0.4 is 10.6 Å². The van der Waals surface area contributed by atoms with E-state index in [0.29, 0.717) is 32.6 Å². The number of nitrogens with two attached hydrogens (primary N) is 1. The SMILES string of the molecule is CCC(N)C(=O)N1CCN(c2cccc(CS(F)(F)F)c2)CC1. The monoisotopic (exact) mass is 349 g/mol. The maximum atomic E-state index is 12.6. The first-order chi connectivity index (χ1) is 10.8. The van der Waals surface area contributed by atoms with Crippen LogP contribution in [0.25, 0.3) is 0 Å². The number of carbonyl (C=O) groups excluding carboxylic acids is 1. The zero-order valence-corrected chi connectivity index (χ0v) is 13.9. The predicted octanol–water partition coefficient (Wildman–Crippen LogP) is 3.03. The second kappa shape index (κ2) is 7.44. The molecule has 2 rings (SSSR count). The number of nitrogens with zero attached hydrogens (tertiary/aromatic N) is 2. The summed E-state index contributed by atoms with van der Waals surface area (Å²) in [6.45, 7) is 4.16. The first-order valence-electron chi connectivity index (χ1n) is 7.58. The largest absolute Gasteiger partial charge is 0.368 e. The fourth-order valence-electron chi connectivity index (χ4n) is 2.63. The van der Waals surface area contributed by atoms with E-state index in [0.717, 1.165) is 5.69 Å². The number of anilines is 1. The number of hydrogen-bond donors (Lipinski definition) is 1. The van der Waals surface area contributed by atoms with Crippen molar-refractivity contribution in [2.24, 2.45) is 5.73 Å². The molecular formula is C15H22F3N3OS. The van der Waals surface area contributed by atoms with Crippen LogP contribution in [0, 0.1) is 0 Å². The lowest BCUT2D eigenvalue weighted by atomic mass is 10.1. The van der Waals surface area contributed by atoms with Crippen LogP contribution in [-0.2, 0) is 10.5 Å². The Labute approximate surface area is 136 Å². The van der Waals surface area contributed by atoms with E-state index in [-0.39, 0.29) is 11.5 Å². The second-order valence-electron chi connectivity index (χ2n) is 5.64. The first kappa shape index (κ1) is 17.9. The van der Waals surface area contributed by atoms with Crippen LogP contribution in [0.15, 0.2) is 24.3 Å². The molecule has 130 valence electrons. The molecule has 1 fully saturated rings. The molecule has 1 aromatic carbocycles. The van der Waals surface area contributed by atoms with Gasteiger partial charge in [0.15, 0.2) is 0 Å². The minimum Gasteiger partial charge on any atom is -0.368 e. The van der Waals surface area contributed by atoms with Crippen molar-refractivity contribution in [2.45, 2.75) is 25.1 Å². The highest BCUT2D eigenvalue weighted by atomic mass is 32.3. The summed E-state index contributed by atoms with van der Waals surface area (Å²) >= 11 is -5.04. The third kappa shape index (κ3) is 5.04. The average molecular weight is 349 g/mol. The smallest absolute Gasteiger partial charge is 0.239 e. The second-order valence-corrected chi connectivity index (χ2v) is 6.94. The molecule has 0 spiro atoms. The van der Waals surface area contributed by atoms with Crippen molar-refractivity contribution < 1.29 is 16.5 Å². The van der Waals surface area contributed by atoms with Gasteiger partial charge in [0.2, 0.25) is 17.1 Å². The van der Waals surface area contributed by atoms with E-state index < -0.39 is 23.0 Å². The van der Waals surface area contributed by atoms with Crippen LogP contribution in [0.2, 0.25) is 0 Å². The van der Waals surface area contributed by atoms with Gasteiger partial charge in [-0.25, -0.2) is 0 Å². The van der Waals surface area contributed by atoms with Gasteiger partial charge < -0.3 is 15.5 Å². The number of halogens is 3. The molecule has 0 radical (unpaired) electrons. The van der Waals surface area contributed by atoms with Gasteiger partial charge in [0.1, 0.15) is 0 Å². The maximum Gasteiger partial charge on any atom is 0.239 e. The Bertz CT molecular complexity index is 545. The summed E-state index contributed by atoms with van der Waals surface area (Å²) in [6.07, 6.45) is 0.598. The molecule has 1 heterocycles. The van der Waals surface area contributed by atoms with Crippen molar-refractivity contribution in [1.29, 1.82) is 0 Å². The van der Waals surface area contributed by atoms with E-state index in [9.17, 15) is 16.5 Å². The maximum absolute atomic E-state index is 12.6. The van der Waals surface area contributed by atoms with Crippen LogP contribution in [0.1, 0.15) is 18.9 Å². The van der Waals surface area contributed by atoms with E-state index in [2.05, 4.69) is 0 Å². The molecule has 8 heteroatoms. The van der Waals surface area contributed by atoms with Crippen molar-refractivity contribution >= 4 is 22.8 Å². The van der Waals surface area contributed by atoms with Gasteiger partial charge in [0.05, 0.1) is 11.8 Å². The molecule has 0 bridgehead atoms. The van der Waals surface area contributed by atoms with E-state index in [4.69, 9.17) is 5.73 Å². The lowest BCUT2D eigenvalue weighted by Crippen LogP contribution is -2.53. The zero-order chi connectivity index (χ0) is 17.0.